The second-order valence-corrected chi connectivity index (χ2v) is 4.09. The van der Waals surface area contributed by atoms with Crippen molar-refractivity contribution in [2.24, 2.45) is 0 Å². The van der Waals surface area contributed by atoms with Crippen LogP contribution in [-0.2, 0) is 4.79 Å². The van der Waals surface area contributed by atoms with Gasteiger partial charge in [-0.2, -0.15) is 5.26 Å². The summed E-state index contributed by atoms with van der Waals surface area (Å²) in [6, 6.07) is 2.56. The van der Waals surface area contributed by atoms with Gasteiger partial charge in [0, 0.05) is 6.54 Å². The Labute approximate surface area is 102 Å². The Morgan fingerprint density at radius 1 is 1.44 bits per heavy atom. The molecule has 4 nitrogen and oxygen atoms in total. The van der Waals surface area contributed by atoms with Crippen LogP contribution in [0.2, 0.25) is 0 Å². The second kappa shape index (κ2) is 4.61. The fourth-order valence-electron chi connectivity index (χ4n) is 2.20. The monoisotopic (exact) mass is 252 g/mol. The van der Waals surface area contributed by atoms with Crippen molar-refractivity contribution in [1.82, 2.24) is 0 Å². The second-order valence-electron chi connectivity index (χ2n) is 4.09. The lowest BCUT2D eigenvalue weighted by Gasteiger charge is -2.24. The van der Waals surface area contributed by atoms with E-state index in [0.29, 0.717) is 12.8 Å². The van der Waals surface area contributed by atoms with E-state index in [4.69, 9.17) is 10.4 Å². The lowest BCUT2D eigenvalue weighted by atomic mass is 10.1. The van der Waals surface area contributed by atoms with Crippen LogP contribution in [-0.4, -0.2) is 23.7 Å². The molecule has 94 valence electrons. The molecule has 0 radical (unpaired) electrons. The third-order valence-corrected chi connectivity index (χ3v) is 2.97. The SMILES string of the molecule is N#Cc1cc(F)c(N2CCC[C@@H]2C(=O)O)c(F)c1. The molecule has 1 heterocycles. The van der Waals surface area contributed by atoms with Gasteiger partial charge in [-0.3, -0.25) is 0 Å². The summed E-state index contributed by atoms with van der Waals surface area (Å²) in [6.45, 7) is 0.288. The summed E-state index contributed by atoms with van der Waals surface area (Å²) in [6.07, 6.45) is 0.921. The van der Waals surface area contributed by atoms with E-state index < -0.39 is 23.6 Å². The maximum Gasteiger partial charge on any atom is 0.326 e. The van der Waals surface area contributed by atoms with Crippen LogP contribution in [0.4, 0.5) is 14.5 Å². The van der Waals surface area contributed by atoms with Gasteiger partial charge in [-0.05, 0) is 25.0 Å². The van der Waals surface area contributed by atoms with Crippen LogP contribution in [0, 0.1) is 23.0 Å². The summed E-state index contributed by atoms with van der Waals surface area (Å²) in [4.78, 5) is 12.2. The van der Waals surface area contributed by atoms with E-state index in [2.05, 4.69) is 0 Å². The van der Waals surface area contributed by atoms with E-state index in [-0.39, 0.29) is 17.8 Å². The highest BCUT2D eigenvalue weighted by molar-refractivity contribution is 5.79. The van der Waals surface area contributed by atoms with Crippen LogP contribution in [0.5, 0.6) is 0 Å². The molecule has 1 aliphatic rings. The number of carbonyl (C=O) groups is 1. The van der Waals surface area contributed by atoms with Gasteiger partial charge in [0.1, 0.15) is 11.7 Å². The van der Waals surface area contributed by atoms with Crippen molar-refractivity contribution in [2.75, 3.05) is 11.4 Å². The number of nitriles is 1. The maximum absolute atomic E-state index is 13.8. The fraction of sp³-hybridized carbons (Fsp3) is 0.333. The molecule has 0 bridgehead atoms. The Morgan fingerprint density at radius 2 is 2.06 bits per heavy atom. The van der Waals surface area contributed by atoms with E-state index in [9.17, 15) is 13.6 Å². The van der Waals surface area contributed by atoms with Crippen molar-refractivity contribution in [3.05, 3.63) is 29.3 Å². The van der Waals surface area contributed by atoms with E-state index in [1.54, 1.807) is 6.07 Å². The van der Waals surface area contributed by atoms with E-state index >= 15 is 0 Å². The van der Waals surface area contributed by atoms with Gasteiger partial charge in [0.15, 0.2) is 11.6 Å². The lowest BCUT2D eigenvalue weighted by molar-refractivity contribution is -0.138. The Hall–Kier alpha value is -2.16. The molecule has 0 aliphatic carbocycles. The third kappa shape index (κ3) is 1.99. The molecule has 1 aromatic rings. The normalized spacial score (nSPS) is 18.7. The predicted molar refractivity (Wildman–Crippen MR) is 59.1 cm³/mol. The first-order valence-corrected chi connectivity index (χ1v) is 5.43. The minimum absolute atomic E-state index is 0.125. The summed E-state index contributed by atoms with van der Waals surface area (Å²) in [5.74, 6) is -2.91. The average Bonchev–Trinajstić information content (AvgIpc) is 2.77. The highest BCUT2D eigenvalue weighted by atomic mass is 19.1. The fourth-order valence-corrected chi connectivity index (χ4v) is 2.20. The molecule has 0 spiro atoms. The number of anilines is 1. The number of carboxylic acid groups (broad SMARTS) is 1. The summed E-state index contributed by atoms with van der Waals surface area (Å²) >= 11 is 0. The Bertz CT molecular complexity index is 516. The quantitative estimate of drug-likeness (QED) is 0.872. The van der Waals surface area contributed by atoms with Crippen LogP contribution in [0.1, 0.15) is 18.4 Å². The molecular weight excluding hydrogens is 242 g/mol. The molecule has 1 fully saturated rings. The van der Waals surface area contributed by atoms with Crippen LogP contribution in [0.25, 0.3) is 0 Å². The van der Waals surface area contributed by atoms with Crippen LogP contribution >= 0.6 is 0 Å². The predicted octanol–water partition coefficient (Wildman–Crippen LogP) is 1.89. The number of hydrogen-bond donors (Lipinski definition) is 1. The first-order valence-electron chi connectivity index (χ1n) is 5.43. The molecule has 6 heteroatoms. The minimum atomic E-state index is -1.10. The molecule has 1 aliphatic heterocycles. The first-order chi connectivity index (χ1) is 8.54. The van der Waals surface area contributed by atoms with Crippen molar-refractivity contribution in [3.63, 3.8) is 0 Å². The highest BCUT2D eigenvalue weighted by Crippen LogP contribution is 2.31. The summed E-state index contributed by atoms with van der Waals surface area (Å²) in [7, 11) is 0. The standard InChI is InChI=1S/C12H10F2N2O2/c13-8-4-7(6-15)5-9(14)11(8)16-3-1-2-10(16)12(17)18/h4-5,10H,1-3H2,(H,17,18)/t10-/m1/s1. The van der Waals surface area contributed by atoms with Crippen molar-refractivity contribution >= 4 is 11.7 Å². The largest absolute Gasteiger partial charge is 0.480 e. The number of rotatable bonds is 2. The summed E-state index contributed by atoms with van der Waals surface area (Å²) in [5, 5.41) is 17.6. The van der Waals surface area contributed by atoms with Gasteiger partial charge in [0.05, 0.1) is 11.6 Å². The third-order valence-electron chi connectivity index (χ3n) is 2.97. The van der Waals surface area contributed by atoms with E-state index in [0.717, 1.165) is 12.1 Å². The van der Waals surface area contributed by atoms with Gasteiger partial charge in [-0.15, -0.1) is 0 Å². The zero-order valence-corrected chi connectivity index (χ0v) is 9.36. The van der Waals surface area contributed by atoms with Crippen molar-refractivity contribution in [1.29, 1.82) is 5.26 Å². The van der Waals surface area contributed by atoms with Gasteiger partial charge < -0.3 is 10.0 Å². The molecule has 1 aromatic carbocycles. The maximum atomic E-state index is 13.8. The molecule has 0 amide bonds. The van der Waals surface area contributed by atoms with Crippen molar-refractivity contribution < 1.29 is 18.7 Å². The lowest BCUT2D eigenvalue weighted by Crippen LogP contribution is -2.37. The van der Waals surface area contributed by atoms with Crippen molar-refractivity contribution in [2.45, 2.75) is 18.9 Å². The molecule has 2 rings (SSSR count). The number of hydrogen-bond acceptors (Lipinski definition) is 3. The Morgan fingerprint density at radius 3 is 2.56 bits per heavy atom. The molecule has 1 N–H and O–H groups in total. The zero-order valence-electron chi connectivity index (χ0n) is 9.36. The molecule has 0 unspecified atom stereocenters. The molecule has 18 heavy (non-hydrogen) atoms. The number of benzene rings is 1. The summed E-state index contributed by atoms with van der Waals surface area (Å²) in [5.41, 5.74) is -0.487. The van der Waals surface area contributed by atoms with Crippen molar-refractivity contribution in [3.8, 4) is 6.07 Å². The van der Waals surface area contributed by atoms with E-state index in [1.165, 1.54) is 4.90 Å². The molecule has 0 aromatic heterocycles. The first kappa shape index (κ1) is 12.3. The smallest absolute Gasteiger partial charge is 0.326 e. The van der Waals surface area contributed by atoms with Crippen LogP contribution in [0.3, 0.4) is 0 Å². The summed E-state index contributed by atoms with van der Waals surface area (Å²) < 4.78 is 27.5. The molecular formula is C12H10F2N2O2. The van der Waals surface area contributed by atoms with Crippen LogP contribution < -0.4 is 4.90 Å². The molecule has 1 atom stereocenters. The number of aliphatic carboxylic acids is 1. The number of nitrogens with zero attached hydrogens (tertiary/aromatic N) is 2. The van der Waals surface area contributed by atoms with Gasteiger partial charge >= 0.3 is 5.97 Å². The Balaban J connectivity index is 2.45. The number of halogens is 2. The van der Waals surface area contributed by atoms with Gasteiger partial charge in [0.25, 0.3) is 0 Å². The minimum Gasteiger partial charge on any atom is -0.480 e. The van der Waals surface area contributed by atoms with Gasteiger partial charge in [-0.25, -0.2) is 13.6 Å². The average molecular weight is 252 g/mol. The van der Waals surface area contributed by atoms with Gasteiger partial charge in [0.2, 0.25) is 0 Å². The van der Waals surface area contributed by atoms with E-state index in [1.807, 2.05) is 0 Å². The highest BCUT2D eigenvalue weighted by Gasteiger charge is 2.34. The molecule has 1 saturated heterocycles. The zero-order chi connectivity index (χ0) is 13.3. The molecule has 0 saturated carbocycles. The van der Waals surface area contributed by atoms with Crippen LogP contribution in [0.15, 0.2) is 12.1 Å². The van der Waals surface area contributed by atoms with Gasteiger partial charge in [-0.1, -0.05) is 0 Å². The Kier molecular flexibility index (Phi) is 3.15. The number of carboxylic acids is 1. The topological polar surface area (TPSA) is 64.3 Å².